The maximum Gasteiger partial charge on any atom is 0.0562 e. The summed E-state index contributed by atoms with van der Waals surface area (Å²) in [6.45, 7) is 0. The second-order valence-electron chi connectivity index (χ2n) is 14.5. The molecule has 2 nitrogen and oxygen atoms in total. The van der Waals surface area contributed by atoms with Gasteiger partial charge in [-0.3, -0.25) is 0 Å². The lowest BCUT2D eigenvalue weighted by atomic mass is 9.95. The minimum atomic E-state index is 1.09. The third kappa shape index (κ3) is 5.71. The number of anilines is 3. The van der Waals surface area contributed by atoms with Gasteiger partial charge in [0.05, 0.1) is 16.7 Å². The third-order valence-electron chi connectivity index (χ3n) is 11.2. The van der Waals surface area contributed by atoms with Crippen LogP contribution in [0.4, 0.5) is 17.1 Å². The fourth-order valence-corrected chi connectivity index (χ4v) is 9.69. The minimum absolute atomic E-state index is 1.09. The molecular weight excluding hydrogens is 709 g/mol. The fourth-order valence-electron chi connectivity index (χ4n) is 8.55. The van der Waals surface area contributed by atoms with Gasteiger partial charge in [0, 0.05) is 53.6 Å². The summed E-state index contributed by atoms with van der Waals surface area (Å²) in [5.41, 5.74) is 14.0. The maximum atomic E-state index is 2.46. The molecule has 3 heteroatoms. The Labute approximate surface area is 335 Å². The number of rotatable bonds is 7. The Bertz CT molecular complexity index is 3120. The highest BCUT2D eigenvalue weighted by atomic mass is 32.1. The van der Waals surface area contributed by atoms with Crippen LogP contribution in [0.5, 0.6) is 0 Å². The van der Waals surface area contributed by atoms with E-state index in [-0.39, 0.29) is 0 Å². The van der Waals surface area contributed by atoms with Crippen LogP contribution in [0.15, 0.2) is 218 Å². The van der Waals surface area contributed by atoms with Crippen LogP contribution in [0.3, 0.4) is 0 Å². The zero-order chi connectivity index (χ0) is 37.7. The zero-order valence-corrected chi connectivity index (χ0v) is 31.9. The van der Waals surface area contributed by atoms with E-state index in [1.807, 2.05) is 11.3 Å². The van der Waals surface area contributed by atoms with Gasteiger partial charge >= 0.3 is 0 Å². The zero-order valence-electron chi connectivity index (χ0n) is 31.1. The summed E-state index contributed by atoms with van der Waals surface area (Å²) in [4.78, 5) is 2.46. The molecule has 57 heavy (non-hydrogen) atoms. The molecule has 268 valence electrons. The van der Waals surface area contributed by atoms with Crippen molar-refractivity contribution in [1.82, 2.24) is 4.57 Å². The SMILES string of the molecule is c1ccc(-c2ccc(N(c3ccc(-c4ccccc4)cc3)c3cc4c(cc3-c3cccc5sc6ccccc6c35)c3ccccc3n4-c3ccccc3)cc2)cc1. The van der Waals surface area contributed by atoms with Crippen LogP contribution in [-0.4, -0.2) is 4.57 Å². The molecule has 0 N–H and O–H groups in total. The first-order valence-electron chi connectivity index (χ1n) is 19.4. The predicted octanol–water partition coefficient (Wildman–Crippen LogP) is 15.6. The molecule has 11 aromatic rings. The van der Waals surface area contributed by atoms with Crippen LogP contribution in [0, 0.1) is 0 Å². The lowest BCUT2D eigenvalue weighted by Gasteiger charge is -2.29. The van der Waals surface area contributed by atoms with E-state index < -0.39 is 0 Å². The van der Waals surface area contributed by atoms with Crippen LogP contribution < -0.4 is 4.90 Å². The molecule has 0 unspecified atom stereocenters. The largest absolute Gasteiger partial charge is 0.310 e. The van der Waals surface area contributed by atoms with Crippen LogP contribution >= 0.6 is 11.3 Å². The van der Waals surface area contributed by atoms with Gasteiger partial charge in [0.1, 0.15) is 0 Å². The summed E-state index contributed by atoms with van der Waals surface area (Å²) in [7, 11) is 0. The van der Waals surface area contributed by atoms with Gasteiger partial charge in [0.2, 0.25) is 0 Å². The van der Waals surface area contributed by atoms with Crippen molar-refractivity contribution < 1.29 is 0 Å². The molecule has 0 aliphatic heterocycles. The molecule has 0 aliphatic rings. The summed E-state index contributed by atoms with van der Waals surface area (Å²) in [6, 6.07) is 79.5. The molecule has 0 spiro atoms. The number of hydrogen-bond acceptors (Lipinski definition) is 2. The Hall–Kier alpha value is -7.20. The van der Waals surface area contributed by atoms with Crippen LogP contribution in [0.25, 0.3) is 81.0 Å². The second kappa shape index (κ2) is 13.8. The first-order valence-corrected chi connectivity index (χ1v) is 20.2. The van der Waals surface area contributed by atoms with Crippen LogP contribution in [0.1, 0.15) is 0 Å². The lowest BCUT2D eigenvalue weighted by Crippen LogP contribution is -2.11. The second-order valence-corrected chi connectivity index (χ2v) is 15.6. The first kappa shape index (κ1) is 33.2. The number of hydrogen-bond donors (Lipinski definition) is 0. The maximum absolute atomic E-state index is 2.46. The molecule has 2 heterocycles. The Balaban J connectivity index is 1.23. The summed E-state index contributed by atoms with van der Waals surface area (Å²) < 4.78 is 5.01. The average Bonchev–Trinajstić information content (AvgIpc) is 3.83. The third-order valence-corrected chi connectivity index (χ3v) is 12.3. The van der Waals surface area contributed by atoms with Gasteiger partial charge in [-0.25, -0.2) is 0 Å². The molecule has 0 atom stereocenters. The minimum Gasteiger partial charge on any atom is -0.310 e. The van der Waals surface area contributed by atoms with Gasteiger partial charge in [-0.1, -0.05) is 152 Å². The van der Waals surface area contributed by atoms with Crippen LogP contribution in [0.2, 0.25) is 0 Å². The van der Waals surface area contributed by atoms with Gasteiger partial charge in [0.15, 0.2) is 0 Å². The van der Waals surface area contributed by atoms with Gasteiger partial charge in [0.25, 0.3) is 0 Å². The van der Waals surface area contributed by atoms with E-state index in [2.05, 4.69) is 228 Å². The van der Waals surface area contributed by atoms with Gasteiger partial charge in [-0.05, 0) is 94.5 Å². The van der Waals surface area contributed by atoms with Crippen LogP contribution in [-0.2, 0) is 0 Å². The molecular formula is C54H36N2S. The quantitative estimate of drug-likeness (QED) is 0.158. The Morgan fingerprint density at radius 2 is 0.877 bits per heavy atom. The Morgan fingerprint density at radius 1 is 0.351 bits per heavy atom. The summed E-state index contributed by atoms with van der Waals surface area (Å²) in [5, 5.41) is 5.04. The average molecular weight is 745 g/mol. The molecule has 11 rings (SSSR count). The van der Waals surface area contributed by atoms with Crippen molar-refractivity contribution in [2.45, 2.75) is 0 Å². The number of nitrogens with zero attached hydrogens (tertiary/aromatic N) is 2. The molecule has 0 aliphatic carbocycles. The van der Waals surface area contributed by atoms with Crippen molar-refractivity contribution >= 4 is 70.4 Å². The Morgan fingerprint density at radius 3 is 1.53 bits per heavy atom. The predicted molar refractivity (Wildman–Crippen MR) is 245 cm³/mol. The topological polar surface area (TPSA) is 8.17 Å². The molecule has 0 bridgehead atoms. The molecule has 0 fully saturated rings. The molecule has 0 amide bonds. The van der Waals surface area contributed by atoms with E-state index in [4.69, 9.17) is 0 Å². The molecule has 0 saturated carbocycles. The highest BCUT2D eigenvalue weighted by Gasteiger charge is 2.24. The van der Waals surface area contributed by atoms with Crippen molar-refractivity contribution in [1.29, 1.82) is 0 Å². The highest BCUT2D eigenvalue weighted by molar-refractivity contribution is 7.25. The lowest BCUT2D eigenvalue weighted by molar-refractivity contribution is 1.18. The molecule has 0 saturated heterocycles. The highest BCUT2D eigenvalue weighted by Crippen LogP contribution is 2.49. The first-order chi connectivity index (χ1) is 28.3. The summed E-state index contributed by atoms with van der Waals surface area (Å²) in [6.07, 6.45) is 0. The van der Waals surface area contributed by atoms with Gasteiger partial charge in [-0.15, -0.1) is 11.3 Å². The van der Waals surface area contributed by atoms with Crippen molar-refractivity contribution in [2.75, 3.05) is 4.90 Å². The number of aromatic nitrogens is 1. The van der Waals surface area contributed by atoms with Gasteiger partial charge in [-0.2, -0.15) is 0 Å². The van der Waals surface area contributed by atoms with Gasteiger partial charge < -0.3 is 9.47 Å². The van der Waals surface area contributed by atoms with Crippen molar-refractivity contribution in [3.63, 3.8) is 0 Å². The van der Waals surface area contributed by atoms with Crippen molar-refractivity contribution in [3.05, 3.63) is 218 Å². The molecule has 2 aromatic heterocycles. The number of benzene rings is 9. The normalized spacial score (nSPS) is 11.5. The Kier molecular flexibility index (Phi) is 8.04. The smallest absolute Gasteiger partial charge is 0.0562 e. The van der Waals surface area contributed by atoms with E-state index in [9.17, 15) is 0 Å². The molecule has 9 aromatic carbocycles. The fraction of sp³-hybridized carbons (Fsp3) is 0. The molecule has 0 radical (unpaired) electrons. The number of fused-ring (bicyclic) bond motifs is 6. The van der Waals surface area contributed by atoms with E-state index in [1.165, 1.54) is 69.8 Å². The summed E-state index contributed by atoms with van der Waals surface area (Å²) >= 11 is 1.87. The standard InChI is InChI=1S/C54H36N2S/c1-4-15-37(16-5-1)39-27-31-42(32-28-39)55(43-33-29-40(30-34-43)38-17-6-2-7-18-38)50-36-51-47(44-21-10-12-24-49(44)56(51)41-19-8-3-9-20-41)35-48(50)45-23-14-26-53-54(45)46-22-11-13-25-52(46)57-53/h1-36H. The number of para-hydroxylation sites is 2. The van der Waals surface area contributed by atoms with E-state index in [0.717, 1.165) is 28.3 Å². The summed E-state index contributed by atoms with van der Waals surface area (Å²) in [5.74, 6) is 0. The van der Waals surface area contributed by atoms with E-state index in [0.29, 0.717) is 0 Å². The van der Waals surface area contributed by atoms with E-state index >= 15 is 0 Å². The number of thiophene rings is 1. The van der Waals surface area contributed by atoms with Crippen molar-refractivity contribution in [3.8, 4) is 39.1 Å². The van der Waals surface area contributed by atoms with E-state index in [1.54, 1.807) is 0 Å². The van der Waals surface area contributed by atoms with Crippen molar-refractivity contribution in [2.24, 2.45) is 0 Å². The monoisotopic (exact) mass is 744 g/mol.